The van der Waals surface area contributed by atoms with E-state index in [-0.39, 0.29) is 11.1 Å². The Morgan fingerprint density at radius 3 is 2.65 bits per heavy atom. The molecule has 0 unspecified atom stereocenters. The summed E-state index contributed by atoms with van der Waals surface area (Å²) >= 11 is 6.94. The monoisotopic (exact) mass is 267 g/mol. The Morgan fingerprint density at radius 2 is 2.06 bits per heavy atom. The Bertz CT molecular complexity index is 513. The minimum Gasteiger partial charge on any atom is -0.269 e. The van der Waals surface area contributed by atoms with Gasteiger partial charge >= 0.3 is 0 Å². The normalized spacial score (nSPS) is 18.2. The van der Waals surface area contributed by atoms with E-state index in [0.29, 0.717) is 16.5 Å². The first-order valence-electron chi connectivity index (χ1n) is 5.13. The second kappa shape index (κ2) is 4.94. The predicted molar refractivity (Wildman–Crippen MR) is 69.8 cm³/mol. The van der Waals surface area contributed by atoms with Gasteiger partial charge in [0.25, 0.3) is 11.1 Å². The molecule has 2 rings (SSSR count). The zero-order valence-corrected chi connectivity index (χ0v) is 10.7. The van der Waals surface area contributed by atoms with E-state index >= 15 is 0 Å². The van der Waals surface area contributed by atoms with Crippen LogP contribution in [0.3, 0.4) is 0 Å². The largest absolute Gasteiger partial charge is 0.293 e. The highest BCUT2D eigenvalue weighted by Crippen LogP contribution is 2.32. The fraction of sp³-hybridized carbons (Fsp3) is 0.167. The first kappa shape index (κ1) is 12.2. The molecule has 2 amide bonds. The van der Waals surface area contributed by atoms with Crippen molar-refractivity contribution in [2.75, 3.05) is 6.54 Å². The maximum absolute atomic E-state index is 11.8. The van der Waals surface area contributed by atoms with Crippen LogP contribution in [0.15, 0.2) is 29.2 Å². The van der Waals surface area contributed by atoms with Crippen molar-refractivity contribution >= 4 is 40.6 Å². The summed E-state index contributed by atoms with van der Waals surface area (Å²) in [6, 6.07) is 7.21. The first-order chi connectivity index (χ1) is 8.13. The standard InChI is InChI=1S/C12H10ClNO2S/c1-2-14-11(15)10(17-12(14)16)7-8-5-3-4-6-9(8)13/h3-7H,2H2,1H3/b10-7+. The maximum atomic E-state index is 11.8. The third-order valence-electron chi connectivity index (χ3n) is 2.38. The van der Waals surface area contributed by atoms with Gasteiger partial charge in [0.05, 0.1) is 4.91 Å². The molecule has 0 N–H and O–H groups in total. The van der Waals surface area contributed by atoms with Crippen molar-refractivity contribution in [1.29, 1.82) is 0 Å². The van der Waals surface area contributed by atoms with Gasteiger partial charge in [-0.15, -0.1) is 0 Å². The Labute approximate surface area is 108 Å². The van der Waals surface area contributed by atoms with Crippen LogP contribution in [0.1, 0.15) is 12.5 Å². The summed E-state index contributed by atoms with van der Waals surface area (Å²) in [5.74, 6) is -0.248. The lowest BCUT2D eigenvalue weighted by molar-refractivity contribution is -0.122. The van der Waals surface area contributed by atoms with Crippen molar-refractivity contribution in [2.45, 2.75) is 6.92 Å². The maximum Gasteiger partial charge on any atom is 0.293 e. The molecular formula is C12H10ClNO2S. The lowest BCUT2D eigenvalue weighted by atomic mass is 10.2. The van der Waals surface area contributed by atoms with E-state index in [0.717, 1.165) is 17.3 Å². The average molecular weight is 268 g/mol. The molecule has 0 bridgehead atoms. The zero-order valence-electron chi connectivity index (χ0n) is 9.14. The number of thioether (sulfide) groups is 1. The molecule has 0 aliphatic carbocycles. The molecule has 1 fully saturated rings. The zero-order chi connectivity index (χ0) is 12.4. The fourth-order valence-corrected chi connectivity index (χ4v) is 2.59. The van der Waals surface area contributed by atoms with Gasteiger partial charge in [-0.2, -0.15) is 0 Å². The SMILES string of the molecule is CCN1C(=O)S/C(=C/c2ccccc2Cl)C1=O. The molecular weight excluding hydrogens is 258 g/mol. The third-order valence-corrected chi connectivity index (χ3v) is 3.63. The summed E-state index contributed by atoms with van der Waals surface area (Å²) in [6.45, 7) is 2.17. The molecule has 1 aliphatic heterocycles. The summed E-state index contributed by atoms with van der Waals surface area (Å²) in [5, 5.41) is 0.339. The van der Waals surface area contributed by atoms with E-state index in [1.165, 1.54) is 4.90 Å². The number of hydrogen-bond donors (Lipinski definition) is 0. The number of carbonyl (C=O) groups excluding carboxylic acids is 2. The Morgan fingerprint density at radius 1 is 1.35 bits per heavy atom. The molecule has 0 saturated carbocycles. The van der Waals surface area contributed by atoms with E-state index < -0.39 is 0 Å². The van der Waals surface area contributed by atoms with Crippen molar-refractivity contribution in [3.05, 3.63) is 39.8 Å². The van der Waals surface area contributed by atoms with Crippen molar-refractivity contribution in [1.82, 2.24) is 4.90 Å². The number of rotatable bonds is 2. The number of carbonyl (C=O) groups is 2. The summed E-state index contributed by atoms with van der Waals surface area (Å²) in [4.78, 5) is 25.0. The number of nitrogens with zero attached hydrogens (tertiary/aromatic N) is 1. The van der Waals surface area contributed by atoms with Gasteiger partial charge in [0, 0.05) is 11.6 Å². The molecule has 0 aromatic heterocycles. The van der Waals surface area contributed by atoms with Crippen LogP contribution < -0.4 is 0 Å². The molecule has 0 spiro atoms. The van der Waals surface area contributed by atoms with Crippen molar-refractivity contribution < 1.29 is 9.59 Å². The van der Waals surface area contributed by atoms with Crippen LogP contribution in [-0.2, 0) is 4.79 Å². The quantitative estimate of drug-likeness (QED) is 0.771. The lowest BCUT2D eigenvalue weighted by Crippen LogP contribution is -2.27. The number of imide groups is 1. The Hall–Kier alpha value is -1.26. The van der Waals surface area contributed by atoms with Crippen LogP contribution in [0.4, 0.5) is 4.79 Å². The van der Waals surface area contributed by atoms with Gasteiger partial charge in [-0.05, 0) is 36.4 Å². The highest BCUT2D eigenvalue weighted by molar-refractivity contribution is 8.18. The number of halogens is 1. The van der Waals surface area contributed by atoms with Crippen molar-refractivity contribution in [2.24, 2.45) is 0 Å². The number of benzene rings is 1. The molecule has 0 atom stereocenters. The van der Waals surface area contributed by atoms with E-state index in [1.807, 2.05) is 18.2 Å². The summed E-state index contributed by atoms with van der Waals surface area (Å²) in [6.07, 6.45) is 1.66. The number of amides is 2. The third kappa shape index (κ3) is 2.37. The smallest absolute Gasteiger partial charge is 0.269 e. The van der Waals surface area contributed by atoms with Gasteiger partial charge in [0.1, 0.15) is 0 Å². The van der Waals surface area contributed by atoms with Crippen LogP contribution >= 0.6 is 23.4 Å². The van der Waals surface area contributed by atoms with Gasteiger partial charge in [0.15, 0.2) is 0 Å². The van der Waals surface area contributed by atoms with Crippen LogP contribution in [0, 0.1) is 0 Å². The first-order valence-corrected chi connectivity index (χ1v) is 6.33. The summed E-state index contributed by atoms with van der Waals surface area (Å²) in [5.41, 5.74) is 0.746. The highest BCUT2D eigenvalue weighted by Gasteiger charge is 2.33. The molecule has 17 heavy (non-hydrogen) atoms. The minimum absolute atomic E-state index is 0.226. The Balaban J connectivity index is 2.34. The molecule has 3 nitrogen and oxygen atoms in total. The van der Waals surface area contributed by atoms with E-state index in [2.05, 4.69) is 0 Å². The highest BCUT2D eigenvalue weighted by atomic mass is 35.5. The molecule has 1 aliphatic rings. The second-order valence-electron chi connectivity index (χ2n) is 3.45. The van der Waals surface area contributed by atoms with E-state index in [9.17, 15) is 9.59 Å². The fourth-order valence-electron chi connectivity index (χ4n) is 1.51. The molecule has 88 valence electrons. The number of likely N-dealkylation sites (N-methyl/N-ethyl adjacent to an activating group) is 1. The molecule has 1 saturated heterocycles. The van der Waals surface area contributed by atoms with Crippen molar-refractivity contribution in [3.8, 4) is 0 Å². The van der Waals surface area contributed by atoms with E-state index in [4.69, 9.17) is 11.6 Å². The van der Waals surface area contributed by atoms with Gasteiger partial charge in [-0.1, -0.05) is 29.8 Å². The molecule has 1 aromatic rings. The van der Waals surface area contributed by atoms with Crippen LogP contribution in [-0.4, -0.2) is 22.6 Å². The van der Waals surface area contributed by atoms with Gasteiger partial charge in [-0.3, -0.25) is 14.5 Å². The molecule has 1 aromatic carbocycles. The average Bonchev–Trinajstić information content (AvgIpc) is 2.57. The van der Waals surface area contributed by atoms with Crippen LogP contribution in [0.2, 0.25) is 5.02 Å². The van der Waals surface area contributed by atoms with Crippen LogP contribution in [0.5, 0.6) is 0 Å². The lowest BCUT2D eigenvalue weighted by Gasteiger charge is -2.07. The van der Waals surface area contributed by atoms with Gasteiger partial charge in [0.2, 0.25) is 0 Å². The predicted octanol–water partition coefficient (Wildman–Crippen LogP) is 3.40. The second-order valence-corrected chi connectivity index (χ2v) is 4.85. The summed E-state index contributed by atoms with van der Waals surface area (Å²) in [7, 11) is 0. The topological polar surface area (TPSA) is 37.4 Å². The molecule has 5 heteroatoms. The van der Waals surface area contributed by atoms with Crippen LogP contribution in [0.25, 0.3) is 6.08 Å². The van der Waals surface area contributed by atoms with Gasteiger partial charge < -0.3 is 0 Å². The molecule has 0 radical (unpaired) electrons. The summed E-state index contributed by atoms with van der Waals surface area (Å²) < 4.78 is 0. The minimum atomic E-state index is -0.248. The number of hydrogen-bond acceptors (Lipinski definition) is 3. The molecule has 1 heterocycles. The Kier molecular flexibility index (Phi) is 3.54. The van der Waals surface area contributed by atoms with E-state index in [1.54, 1.807) is 19.1 Å². The van der Waals surface area contributed by atoms with Crippen molar-refractivity contribution in [3.63, 3.8) is 0 Å². The van der Waals surface area contributed by atoms with Gasteiger partial charge in [-0.25, -0.2) is 0 Å².